The van der Waals surface area contributed by atoms with Crippen molar-refractivity contribution in [2.24, 2.45) is 7.05 Å². The summed E-state index contributed by atoms with van der Waals surface area (Å²) in [4.78, 5) is 12.3. The highest BCUT2D eigenvalue weighted by Gasteiger charge is 2.15. The van der Waals surface area contributed by atoms with Crippen molar-refractivity contribution in [3.05, 3.63) is 46.8 Å². The molecule has 0 saturated carbocycles. The van der Waals surface area contributed by atoms with Crippen molar-refractivity contribution in [1.29, 1.82) is 0 Å². The van der Waals surface area contributed by atoms with Gasteiger partial charge >= 0.3 is 0 Å². The lowest BCUT2D eigenvalue weighted by Crippen LogP contribution is -2.16. The Kier molecular flexibility index (Phi) is 4.46. The van der Waals surface area contributed by atoms with E-state index in [2.05, 4.69) is 30.3 Å². The third kappa shape index (κ3) is 3.32. The lowest BCUT2D eigenvalue weighted by Gasteiger charge is -2.13. The van der Waals surface area contributed by atoms with Crippen LogP contribution in [-0.4, -0.2) is 15.7 Å². The van der Waals surface area contributed by atoms with Crippen molar-refractivity contribution in [3.63, 3.8) is 0 Å². The zero-order valence-corrected chi connectivity index (χ0v) is 13.4. The first kappa shape index (κ1) is 15.3. The first-order valence-corrected chi connectivity index (χ1v) is 7.28. The third-order valence-corrected chi connectivity index (χ3v) is 3.85. The molecule has 0 aliphatic carbocycles. The summed E-state index contributed by atoms with van der Waals surface area (Å²) in [6.07, 6.45) is 0.359. The van der Waals surface area contributed by atoms with Crippen molar-refractivity contribution in [1.82, 2.24) is 9.78 Å². The zero-order valence-electron chi connectivity index (χ0n) is 13.4. The van der Waals surface area contributed by atoms with Gasteiger partial charge in [-0.25, -0.2) is 0 Å². The fourth-order valence-corrected chi connectivity index (χ4v) is 2.54. The quantitative estimate of drug-likeness (QED) is 0.936. The van der Waals surface area contributed by atoms with Crippen molar-refractivity contribution in [2.75, 3.05) is 5.32 Å². The molecule has 4 nitrogen and oxygen atoms in total. The molecule has 0 bridgehead atoms. The molecule has 2 aromatic rings. The van der Waals surface area contributed by atoms with Gasteiger partial charge in [0.1, 0.15) is 0 Å². The summed E-state index contributed by atoms with van der Waals surface area (Å²) in [6, 6.07) is 7.96. The highest BCUT2D eigenvalue weighted by molar-refractivity contribution is 5.93. The van der Waals surface area contributed by atoms with Crippen molar-refractivity contribution in [2.45, 2.75) is 40.0 Å². The molecule has 1 N–H and O–H groups in total. The summed E-state index contributed by atoms with van der Waals surface area (Å²) < 4.78 is 1.82. The SMILES string of the molecule is Cc1nn(C)c(C)c1CC(=O)Nc1ccccc1C(C)C. The molecule has 2 rings (SSSR count). The second kappa shape index (κ2) is 6.12. The van der Waals surface area contributed by atoms with E-state index < -0.39 is 0 Å². The lowest BCUT2D eigenvalue weighted by molar-refractivity contribution is -0.115. The Morgan fingerprint density at radius 1 is 1.29 bits per heavy atom. The standard InChI is InChI=1S/C17H23N3O/c1-11(2)14-8-6-7-9-16(14)18-17(21)10-15-12(3)19-20(5)13(15)4/h6-9,11H,10H2,1-5H3,(H,18,21). The van der Waals surface area contributed by atoms with Crippen LogP contribution in [0.15, 0.2) is 24.3 Å². The van der Waals surface area contributed by atoms with E-state index in [1.165, 1.54) is 0 Å². The van der Waals surface area contributed by atoms with E-state index in [0.29, 0.717) is 12.3 Å². The monoisotopic (exact) mass is 285 g/mol. The Balaban J connectivity index is 2.16. The summed E-state index contributed by atoms with van der Waals surface area (Å²) in [5.41, 5.74) is 5.03. The third-order valence-electron chi connectivity index (χ3n) is 3.85. The summed E-state index contributed by atoms with van der Waals surface area (Å²) >= 11 is 0. The molecule has 21 heavy (non-hydrogen) atoms. The topological polar surface area (TPSA) is 46.9 Å². The van der Waals surface area contributed by atoms with Crippen LogP contribution in [0, 0.1) is 13.8 Å². The second-order valence-corrected chi connectivity index (χ2v) is 5.74. The fourth-order valence-electron chi connectivity index (χ4n) is 2.54. The number of hydrogen-bond donors (Lipinski definition) is 1. The number of anilines is 1. The maximum absolute atomic E-state index is 12.3. The van der Waals surface area contributed by atoms with Gasteiger partial charge < -0.3 is 5.32 Å². The van der Waals surface area contributed by atoms with Crippen LogP contribution in [-0.2, 0) is 18.3 Å². The highest BCUT2D eigenvalue weighted by Crippen LogP contribution is 2.24. The van der Waals surface area contributed by atoms with Crippen LogP contribution in [0.2, 0.25) is 0 Å². The van der Waals surface area contributed by atoms with Gasteiger partial charge in [-0.05, 0) is 31.4 Å². The molecule has 112 valence electrons. The Morgan fingerprint density at radius 3 is 2.52 bits per heavy atom. The molecule has 0 aliphatic rings. The van der Waals surface area contributed by atoms with Gasteiger partial charge in [-0.15, -0.1) is 0 Å². The Morgan fingerprint density at radius 2 is 1.95 bits per heavy atom. The van der Waals surface area contributed by atoms with Gasteiger partial charge in [-0.2, -0.15) is 5.10 Å². The minimum Gasteiger partial charge on any atom is -0.326 e. The molecule has 1 aromatic heterocycles. The molecule has 0 aliphatic heterocycles. The van der Waals surface area contributed by atoms with Gasteiger partial charge in [0.2, 0.25) is 5.91 Å². The van der Waals surface area contributed by atoms with Crippen molar-refractivity contribution < 1.29 is 4.79 Å². The van der Waals surface area contributed by atoms with Crippen LogP contribution >= 0.6 is 0 Å². The largest absolute Gasteiger partial charge is 0.326 e. The second-order valence-electron chi connectivity index (χ2n) is 5.74. The van der Waals surface area contributed by atoms with E-state index in [-0.39, 0.29) is 5.91 Å². The molecule has 0 radical (unpaired) electrons. The minimum absolute atomic E-state index is 0.00213. The van der Waals surface area contributed by atoms with Crippen molar-refractivity contribution in [3.8, 4) is 0 Å². The number of nitrogens with zero attached hydrogens (tertiary/aromatic N) is 2. The minimum atomic E-state index is 0.00213. The summed E-state index contributed by atoms with van der Waals surface area (Å²) in [5, 5.41) is 7.38. The number of benzene rings is 1. The molecule has 0 fully saturated rings. The Hall–Kier alpha value is -2.10. The van der Waals surface area contributed by atoms with Gasteiger partial charge in [-0.3, -0.25) is 9.48 Å². The number of nitrogens with one attached hydrogen (secondary N) is 1. The number of aryl methyl sites for hydroxylation is 2. The highest BCUT2D eigenvalue weighted by atomic mass is 16.1. The lowest BCUT2D eigenvalue weighted by atomic mass is 10.0. The van der Waals surface area contributed by atoms with Gasteiger partial charge in [0.25, 0.3) is 0 Å². The van der Waals surface area contributed by atoms with Crippen LogP contribution in [0.1, 0.15) is 42.3 Å². The maximum Gasteiger partial charge on any atom is 0.228 e. The average molecular weight is 285 g/mol. The van der Waals surface area contributed by atoms with E-state index in [4.69, 9.17) is 0 Å². The number of carbonyl (C=O) groups is 1. The Bertz CT molecular complexity index is 656. The molecule has 0 atom stereocenters. The van der Waals surface area contributed by atoms with E-state index in [1.807, 2.05) is 43.8 Å². The first-order valence-electron chi connectivity index (χ1n) is 7.28. The van der Waals surface area contributed by atoms with Crippen LogP contribution in [0.4, 0.5) is 5.69 Å². The zero-order chi connectivity index (χ0) is 15.6. The van der Waals surface area contributed by atoms with Gasteiger partial charge in [-0.1, -0.05) is 32.0 Å². The molecule has 1 aromatic carbocycles. The van der Waals surface area contributed by atoms with Crippen LogP contribution in [0.3, 0.4) is 0 Å². The number of rotatable bonds is 4. The number of aromatic nitrogens is 2. The summed E-state index contributed by atoms with van der Waals surface area (Å²) in [5.74, 6) is 0.380. The number of para-hydroxylation sites is 1. The fraction of sp³-hybridized carbons (Fsp3) is 0.412. The molecule has 4 heteroatoms. The summed E-state index contributed by atoms with van der Waals surface area (Å²) in [6.45, 7) is 8.18. The number of amides is 1. The van der Waals surface area contributed by atoms with Crippen molar-refractivity contribution >= 4 is 11.6 Å². The first-order chi connectivity index (χ1) is 9.90. The molecular formula is C17H23N3O. The van der Waals surface area contributed by atoms with Crippen LogP contribution in [0.25, 0.3) is 0 Å². The number of carbonyl (C=O) groups excluding carboxylic acids is 1. The molecule has 1 amide bonds. The van der Waals surface area contributed by atoms with E-state index >= 15 is 0 Å². The predicted molar refractivity (Wildman–Crippen MR) is 85.5 cm³/mol. The van der Waals surface area contributed by atoms with Gasteiger partial charge in [0, 0.05) is 24.0 Å². The maximum atomic E-state index is 12.3. The number of hydrogen-bond acceptors (Lipinski definition) is 2. The molecule has 0 spiro atoms. The Labute approximate surface area is 126 Å². The van der Waals surface area contributed by atoms with Crippen LogP contribution in [0.5, 0.6) is 0 Å². The molecular weight excluding hydrogens is 262 g/mol. The van der Waals surface area contributed by atoms with E-state index in [0.717, 1.165) is 28.2 Å². The predicted octanol–water partition coefficient (Wildman–Crippen LogP) is 3.34. The molecule has 1 heterocycles. The molecule has 0 saturated heterocycles. The normalized spacial score (nSPS) is 11.0. The average Bonchev–Trinajstić information content (AvgIpc) is 2.66. The molecule has 0 unspecified atom stereocenters. The van der Waals surface area contributed by atoms with E-state index in [9.17, 15) is 4.79 Å². The van der Waals surface area contributed by atoms with Crippen LogP contribution < -0.4 is 5.32 Å². The van der Waals surface area contributed by atoms with Gasteiger partial charge in [0.15, 0.2) is 0 Å². The summed E-state index contributed by atoms with van der Waals surface area (Å²) in [7, 11) is 1.90. The smallest absolute Gasteiger partial charge is 0.228 e. The van der Waals surface area contributed by atoms with Gasteiger partial charge in [0.05, 0.1) is 12.1 Å². The van der Waals surface area contributed by atoms with E-state index in [1.54, 1.807) is 0 Å².